The summed E-state index contributed by atoms with van der Waals surface area (Å²) in [5.41, 5.74) is 1.83. The van der Waals surface area contributed by atoms with Gasteiger partial charge in [0, 0.05) is 18.3 Å². The Balaban J connectivity index is 1.74. The highest BCUT2D eigenvalue weighted by Gasteiger charge is 2.57. The third-order valence-electron chi connectivity index (χ3n) is 7.61. The third-order valence-corrected chi connectivity index (χ3v) is 7.61. The maximum absolute atomic E-state index is 12.4. The predicted molar refractivity (Wildman–Crippen MR) is 90.5 cm³/mol. The number of hydrogen-bond acceptors (Lipinski definition) is 2. The molecule has 23 heavy (non-hydrogen) atoms. The fraction of sp³-hybridized carbons (Fsp3) is 0.667. The van der Waals surface area contributed by atoms with Crippen molar-refractivity contribution in [2.75, 3.05) is 0 Å². The molecule has 5 atom stereocenters. The average Bonchev–Trinajstić information content (AvgIpc) is 2.84. The summed E-state index contributed by atoms with van der Waals surface area (Å²) >= 11 is 0. The number of ketones is 1. The van der Waals surface area contributed by atoms with Crippen molar-refractivity contribution < 1.29 is 9.90 Å². The maximum atomic E-state index is 12.4. The molecule has 4 aliphatic rings. The summed E-state index contributed by atoms with van der Waals surface area (Å²) < 4.78 is 0. The van der Waals surface area contributed by atoms with Crippen LogP contribution >= 0.6 is 0 Å². The highest BCUT2D eigenvalue weighted by Crippen LogP contribution is 2.63. The first-order chi connectivity index (χ1) is 10.8. The van der Waals surface area contributed by atoms with E-state index in [1.165, 1.54) is 11.1 Å². The highest BCUT2D eigenvalue weighted by atomic mass is 16.3. The second-order valence-electron chi connectivity index (χ2n) is 8.65. The zero-order valence-corrected chi connectivity index (χ0v) is 14.2. The molecule has 4 rings (SSSR count). The Hall–Kier alpha value is -1.33. The molecule has 0 unspecified atom stereocenters. The van der Waals surface area contributed by atoms with Gasteiger partial charge in [0.2, 0.25) is 0 Å². The molecule has 0 amide bonds. The molecule has 0 bridgehead atoms. The van der Waals surface area contributed by atoms with Crippen molar-refractivity contribution >= 4 is 5.78 Å². The monoisotopic (exact) mass is 310 g/mol. The number of carbonyl (C=O) groups excluding carboxylic acids is 1. The van der Waals surface area contributed by atoms with Crippen molar-refractivity contribution in [1.82, 2.24) is 0 Å². The van der Waals surface area contributed by atoms with E-state index >= 15 is 0 Å². The van der Waals surface area contributed by atoms with Crippen LogP contribution in [0.4, 0.5) is 0 Å². The molecule has 0 saturated heterocycles. The van der Waals surface area contributed by atoms with E-state index in [0.717, 1.165) is 32.1 Å². The lowest BCUT2D eigenvalue weighted by Crippen LogP contribution is -2.48. The minimum absolute atomic E-state index is 0.111. The van der Waals surface area contributed by atoms with E-state index in [2.05, 4.69) is 31.9 Å². The second-order valence-corrected chi connectivity index (χ2v) is 8.65. The van der Waals surface area contributed by atoms with Crippen molar-refractivity contribution in [3.63, 3.8) is 0 Å². The number of terminal acetylenes is 1. The standard InChI is InChI=1S/C21H26O2/c1-4-21(23)12-11-19(2)14(13-21)5-6-15-16-7-8-18(22)20(16,3)10-9-17(15)19/h1,5-6,16-17,23H,7-13H2,2-3H3/t16-,17-,19-,20-,21+/m0/s1. The van der Waals surface area contributed by atoms with Crippen LogP contribution in [0.15, 0.2) is 23.3 Å². The zero-order chi connectivity index (χ0) is 16.5. The van der Waals surface area contributed by atoms with E-state index in [0.29, 0.717) is 30.5 Å². The number of hydrogen-bond donors (Lipinski definition) is 1. The van der Waals surface area contributed by atoms with Gasteiger partial charge >= 0.3 is 0 Å². The van der Waals surface area contributed by atoms with Crippen LogP contribution < -0.4 is 0 Å². The SMILES string of the molecule is C#C[C@@]1(O)CC[C@@]2(C)C(=CC=C3[C@@H]2CC[C@]2(C)C(=O)CC[C@@H]32)C1. The molecule has 4 aliphatic carbocycles. The van der Waals surface area contributed by atoms with Gasteiger partial charge in [0.25, 0.3) is 0 Å². The fourth-order valence-corrected chi connectivity index (χ4v) is 5.89. The van der Waals surface area contributed by atoms with Crippen molar-refractivity contribution in [3.05, 3.63) is 23.3 Å². The van der Waals surface area contributed by atoms with E-state index in [9.17, 15) is 9.90 Å². The molecule has 0 spiro atoms. The van der Waals surface area contributed by atoms with E-state index in [-0.39, 0.29) is 10.8 Å². The van der Waals surface area contributed by atoms with E-state index in [1.807, 2.05) is 0 Å². The summed E-state index contributed by atoms with van der Waals surface area (Å²) in [5, 5.41) is 10.5. The van der Waals surface area contributed by atoms with Gasteiger partial charge in [-0.3, -0.25) is 4.79 Å². The van der Waals surface area contributed by atoms with Crippen molar-refractivity contribution in [1.29, 1.82) is 0 Å². The third kappa shape index (κ3) is 1.89. The molecule has 122 valence electrons. The summed E-state index contributed by atoms with van der Waals surface area (Å²) in [5.74, 6) is 4.02. The summed E-state index contributed by atoms with van der Waals surface area (Å²) in [4.78, 5) is 12.4. The van der Waals surface area contributed by atoms with Crippen molar-refractivity contribution in [2.45, 2.75) is 64.4 Å². The van der Waals surface area contributed by atoms with Gasteiger partial charge in [0.1, 0.15) is 11.4 Å². The first-order valence-corrected chi connectivity index (χ1v) is 8.97. The second kappa shape index (κ2) is 4.61. The first kappa shape index (κ1) is 15.2. The fourth-order valence-electron chi connectivity index (χ4n) is 5.89. The molecule has 0 aromatic rings. The molecule has 0 heterocycles. The quantitative estimate of drug-likeness (QED) is 0.691. The number of fused-ring (bicyclic) bond motifs is 5. The molecule has 2 heteroatoms. The summed E-state index contributed by atoms with van der Waals surface area (Å²) in [6.45, 7) is 4.54. The maximum Gasteiger partial charge on any atom is 0.139 e. The van der Waals surface area contributed by atoms with Crippen molar-refractivity contribution in [2.24, 2.45) is 22.7 Å². The zero-order valence-electron chi connectivity index (χ0n) is 14.2. The predicted octanol–water partition coefficient (Wildman–Crippen LogP) is 3.80. The molecule has 3 saturated carbocycles. The highest BCUT2D eigenvalue weighted by molar-refractivity contribution is 5.88. The summed E-state index contributed by atoms with van der Waals surface area (Å²) in [7, 11) is 0. The van der Waals surface area contributed by atoms with Gasteiger partial charge in [-0.15, -0.1) is 6.42 Å². The van der Waals surface area contributed by atoms with Gasteiger partial charge in [0.15, 0.2) is 0 Å². The number of aliphatic hydroxyl groups is 1. The Kier molecular flexibility index (Phi) is 3.05. The number of allylic oxidation sites excluding steroid dienone is 3. The number of rotatable bonds is 0. The van der Waals surface area contributed by atoms with Gasteiger partial charge in [0.05, 0.1) is 0 Å². The van der Waals surface area contributed by atoms with Crippen LogP contribution in [0.25, 0.3) is 0 Å². The van der Waals surface area contributed by atoms with Gasteiger partial charge in [-0.1, -0.05) is 43.1 Å². The van der Waals surface area contributed by atoms with E-state index in [1.54, 1.807) is 0 Å². The molecule has 0 radical (unpaired) electrons. The molecule has 3 fully saturated rings. The molecular weight excluding hydrogens is 284 g/mol. The van der Waals surface area contributed by atoms with Gasteiger partial charge in [-0.05, 0) is 49.4 Å². The van der Waals surface area contributed by atoms with Crippen LogP contribution in [-0.2, 0) is 4.79 Å². The largest absolute Gasteiger partial charge is 0.377 e. The first-order valence-electron chi connectivity index (χ1n) is 8.97. The Labute approximate surface area is 139 Å². The van der Waals surface area contributed by atoms with Gasteiger partial charge in [-0.2, -0.15) is 0 Å². The normalized spacial score (nSPS) is 48.5. The Morgan fingerprint density at radius 1 is 1.13 bits per heavy atom. The van der Waals surface area contributed by atoms with Gasteiger partial charge in [-0.25, -0.2) is 0 Å². The minimum atomic E-state index is -0.969. The molecular formula is C21H26O2. The van der Waals surface area contributed by atoms with Gasteiger partial charge < -0.3 is 5.11 Å². The van der Waals surface area contributed by atoms with Crippen molar-refractivity contribution in [3.8, 4) is 12.3 Å². The summed E-state index contributed by atoms with van der Waals surface area (Å²) in [6, 6.07) is 0. The van der Waals surface area contributed by atoms with Crippen LogP contribution in [0.2, 0.25) is 0 Å². The Bertz CT molecular complexity index is 678. The molecule has 2 nitrogen and oxygen atoms in total. The van der Waals surface area contributed by atoms with E-state index < -0.39 is 5.60 Å². The Morgan fingerprint density at radius 3 is 2.61 bits per heavy atom. The molecule has 0 aromatic heterocycles. The van der Waals surface area contributed by atoms with Crippen LogP contribution in [0.3, 0.4) is 0 Å². The van der Waals surface area contributed by atoms with Crippen LogP contribution in [0.5, 0.6) is 0 Å². The number of carbonyl (C=O) groups is 1. The summed E-state index contributed by atoms with van der Waals surface area (Å²) in [6.07, 6.45) is 16.1. The Morgan fingerprint density at radius 2 is 1.87 bits per heavy atom. The average molecular weight is 310 g/mol. The lowest BCUT2D eigenvalue weighted by atomic mass is 9.50. The smallest absolute Gasteiger partial charge is 0.139 e. The minimum Gasteiger partial charge on any atom is -0.377 e. The topological polar surface area (TPSA) is 37.3 Å². The van der Waals surface area contributed by atoms with Crippen LogP contribution in [0, 0.1) is 35.0 Å². The molecule has 0 aliphatic heterocycles. The number of Topliss-reactive ketones (excluding diaryl/α,β-unsaturated/α-hetero) is 1. The van der Waals surface area contributed by atoms with Crippen LogP contribution in [-0.4, -0.2) is 16.5 Å². The van der Waals surface area contributed by atoms with Crippen LogP contribution in [0.1, 0.15) is 58.8 Å². The molecule has 1 N–H and O–H groups in total. The molecule has 0 aromatic carbocycles. The lowest BCUT2D eigenvalue weighted by molar-refractivity contribution is -0.127. The van der Waals surface area contributed by atoms with E-state index in [4.69, 9.17) is 6.42 Å². The lowest BCUT2D eigenvalue weighted by Gasteiger charge is -2.54.